The molecule has 28 heavy (non-hydrogen) atoms. The van der Waals surface area contributed by atoms with Crippen molar-refractivity contribution in [2.24, 2.45) is 4.99 Å². The molecule has 0 spiro atoms. The van der Waals surface area contributed by atoms with Crippen LogP contribution in [0.2, 0.25) is 0 Å². The number of hydrogen-bond donors (Lipinski definition) is 2. The van der Waals surface area contributed by atoms with Gasteiger partial charge in [0.25, 0.3) is 0 Å². The molecule has 1 aliphatic heterocycles. The van der Waals surface area contributed by atoms with Gasteiger partial charge >= 0.3 is 0 Å². The summed E-state index contributed by atoms with van der Waals surface area (Å²) < 4.78 is 5.58. The van der Waals surface area contributed by atoms with E-state index in [9.17, 15) is 0 Å². The molecule has 2 heterocycles. The van der Waals surface area contributed by atoms with Crippen molar-refractivity contribution in [1.29, 1.82) is 0 Å². The van der Waals surface area contributed by atoms with Crippen LogP contribution in [0.5, 0.6) is 0 Å². The van der Waals surface area contributed by atoms with Crippen LogP contribution < -0.4 is 10.6 Å². The number of aromatic nitrogens is 1. The summed E-state index contributed by atoms with van der Waals surface area (Å²) in [6.07, 6.45) is 2.93. The number of nitrogens with zero attached hydrogens (tertiary/aromatic N) is 4. The molecular weight excluding hydrogens is 467 g/mol. The molecule has 8 heteroatoms. The standard InChI is InChI=1S/C20H30N6O.HI/c1-21-20(22-9-12-26-11-6-10-25(2)13-14-26)23-15-18-16-27-19(24-18)17-7-4-3-5-8-17;/h3-5,7-8,16H,6,9-15H2,1-2H3,(H2,21,22,23);1H. The van der Waals surface area contributed by atoms with Gasteiger partial charge in [0.15, 0.2) is 5.96 Å². The molecule has 1 saturated heterocycles. The van der Waals surface area contributed by atoms with Crippen molar-refractivity contribution in [1.82, 2.24) is 25.4 Å². The number of benzene rings is 1. The van der Waals surface area contributed by atoms with Crippen molar-refractivity contribution in [3.8, 4) is 11.5 Å². The first-order chi connectivity index (χ1) is 13.2. The third kappa shape index (κ3) is 7.06. The Morgan fingerprint density at radius 3 is 2.75 bits per heavy atom. The second kappa shape index (κ2) is 12.0. The summed E-state index contributed by atoms with van der Waals surface area (Å²) in [5.74, 6) is 1.42. The third-order valence-corrected chi connectivity index (χ3v) is 4.77. The fraction of sp³-hybridized carbons (Fsp3) is 0.500. The van der Waals surface area contributed by atoms with Gasteiger partial charge in [-0.25, -0.2) is 4.98 Å². The average molecular weight is 498 g/mol. The van der Waals surface area contributed by atoms with E-state index in [0.29, 0.717) is 12.4 Å². The molecule has 2 N–H and O–H groups in total. The Balaban J connectivity index is 0.00000280. The molecule has 1 aliphatic rings. The van der Waals surface area contributed by atoms with Crippen molar-refractivity contribution in [2.45, 2.75) is 13.0 Å². The Morgan fingerprint density at radius 1 is 1.14 bits per heavy atom. The van der Waals surface area contributed by atoms with E-state index in [1.807, 2.05) is 30.3 Å². The summed E-state index contributed by atoms with van der Waals surface area (Å²) in [6.45, 7) is 7.10. The van der Waals surface area contributed by atoms with Crippen LogP contribution in [-0.4, -0.2) is 74.1 Å². The van der Waals surface area contributed by atoms with Crippen molar-refractivity contribution >= 4 is 29.9 Å². The molecule has 154 valence electrons. The third-order valence-electron chi connectivity index (χ3n) is 4.77. The van der Waals surface area contributed by atoms with Crippen LogP contribution in [0, 0.1) is 0 Å². The van der Waals surface area contributed by atoms with Gasteiger partial charge in [-0.05, 0) is 38.7 Å². The summed E-state index contributed by atoms with van der Waals surface area (Å²) in [7, 11) is 3.98. The number of nitrogens with one attached hydrogen (secondary N) is 2. The molecule has 3 rings (SSSR count). The Kier molecular flexibility index (Phi) is 9.72. The molecule has 0 radical (unpaired) electrons. The van der Waals surface area contributed by atoms with Gasteiger partial charge in [-0.2, -0.15) is 0 Å². The predicted molar refractivity (Wildman–Crippen MR) is 124 cm³/mol. The van der Waals surface area contributed by atoms with Crippen LogP contribution in [0.25, 0.3) is 11.5 Å². The zero-order chi connectivity index (χ0) is 18.9. The first-order valence-corrected chi connectivity index (χ1v) is 9.60. The topological polar surface area (TPSA) is 68.9 Å². The fourth-order valence-corrected chi connectivity index (χ4v) is 3.15. The second-order valence-corrected chi connectivity index (χ2v) is 6.86. The van der Waals surface area contributed by atoms with E-state index in [1.54, 1.807) is 13.3 Å². The van der Waals surface area contributed by atoms with Gasteiger partial charge in [0.1, 0.15) is 6.26 Å². The van der Waals surface area contributed by atoms with Gasteiger partial charge in [0.05, 0.1) is 12.2 Å². The summed E-state index contributed by atoms with van der Waals surface area (Å²) in [5.41, 5.74) is 1.83. The number of guanidine groups is 1. The van der Waals surface area contributed by atoms with Crippen LogP contribution in [0.4, 0.5) is 0 Å². The lowest BCUT2D eigenvalue weighted by Gasteiger charge is -2.20. The van der Waals surface area contributed by atoms with E-state index in [2.05, 4.69) is 37.5 Å². The first-order valence-electron chi connectivity index (χ1n) is 9.60. The molecule has 1 fully saturated rings. The first kappa shape index (κ1) is 22.6. The maximum atomic E-state index is 5.58. The van der Waals surface area contributed by atoms with Crippen LogP contribution in [0.1, 0.15) is 12.1 Å². The number of likely N-dealkylation sites (N-methyl/N-ethyl adjacent to an activating group) is 1. The lowest BCUT2D eigenvalue weighted by Crippen LogP contribution is -2.42. The van der Waals surface area contributed by atoms with Crippen LogP contribution in [-0.2, 0) is 6.54 Å². The lowest BCUT2D eigenvalue weighted by atomic mass is 10.2. The minimum atomic E-state index is 0. The van der Waals surface area contributed by atoms with Gasteiger partial charge in [-0.15, -0.1) is 24.0 Å². The van der Waals surface area contributed by atoms with Gasteiger partial charge in [0.2, 0.25) is 5.89 Å². The molecule has 0 amide bonds. The molecule has 0 atom stereocenters. The minimum Gasteiger partial charge on any atom is -0.444 e. The number of hydrogen-bond acceptors (Lipinski definition) is 5. The lowest BCUT2D eigenvalue weighted by molar-refractivity contribution is 0.280. The predicted octanol–water partition coefficient (Wildman–Crippen LogP) is 2.26. The maximum absolute atomic E-state index is 5.58. The van der Waals surface area contributed by atoms with Gasteiger partial charge in [-0.1, -0.05) is 18.2 Å². The summed E-state index contributed by atoms with van der Waals surface area (Å²) in [4.78, 5) is 13.7. The molecule has 1 aromatic carbocycles. The zero-order valence-corrected chi connectivity index (χ0v) is 19.1. The second-order valence-electron chi connectivity index (χ2n) is 6.86. The molecule has 0 saturated carbocycles. The Hall–Kier alpha value is -1.65. The Morgan fingerprint density at radius 2 is 1.96 bits per heavy atom. The molecule has 7 nitrogen and oxygen atoms in total. The highest BCUT2D eigenvalue weighted by Crippen LogP contribution is 2.17. The van der Waals surface area contributed by atoms with Crippen molar-refractivity contribution in [2.75, 3.05) is 53.4 Å². The number of halogens is 1. The summed E-state index contributed by atoms with van der Waals surface area (Å²) in [5, 5.41) is 6.68. The zero-order valence-electron chi connectivity index (χ0n) is 16.7. The van der Waals surface area contributed by atoms with E-state index in [4.69, 9.17) is 4.42 Å². The van der Waals surface area contributed by atoms with Gasteiger partial charge in [0, 0.05) is 38.8 Å². The van der Waals surface area contributed by atoms with Crippen molar-refractivity contribution in [3.63, 3.8) is 0 Å². The van der Waals surface area contributed by atoms with Crippen molar-refractivity contribution < 1.29 is 4.42 Å². The van der Waals surface area contributed by atoms with E-state index in [1.165, 1.54) is 19.5 Å². The van der Waals surface area contributed by atoms with Gasteiger partial charge < -0.3 is 24.9 Å². The van der Waals surface area contributed by atoms with E-state index in [0.717, 1.165) is 43.4 Å². The maximum Gasteiger partial charge on any atom is 0.226 e. The van der Waals surface area contributed by atoms with Crippen LogP contribution >= 0.6 is 24.0 Å². The normalized spacial score (nSPS) is 16.3. The number of rotatable bonds is 6. The minimum absolute atomic E-state index is 0. The quantitative estimate of drug-likeness (QED) is 0.362. The van der Waals surface area contributed by atoms with E-state index in [-0.39, 0.29) is 24.0 Å². The number of aliphatic imine (C=N–C) groups is 1. The fourth-order valence-electron chi connectivity index (χ4n) is 3.15. The van der Waals surface area contributed by atoms with Crippen molar-refractivity contribution in [3.05, 3.63) is 42.3 Å². The highest BCUT2D eigenvalue weighted by molar-refractivity contribution is 14.0. The molecule has 0 unspecified atom stereocenters. The summed E-state index contributed by atoms with van der Waals surface area (Å²) in [6, 6.07) is 9.92. The SMILES string of the molecule is CN=C(NCCN1CCCN(C)CC1)NCc1coc(-c2ccccc2)n1.I. The van der Waals surface area contributed by atoms with Crippen LogP contribution in [0.15, 0.2) is 46.0 Å². The van der Waals surface area contributed by atoms with Crippen LogP contribution in [0.3, 0.4) is 0 Å². The summed E-state index contributed by atoms with van der Waals surface area (Å²) >= 11 is 0. The highest BCUT2D eigenvalue weighted by Gasteiger charge is 2.12. The molecule has 0 aliphatic carbocycles. The Labute approximate surface area is 184 Å². The molecule has 2 aromatic rings. The molecular formula is C20H31IN6O. The Bertz CT molecular complexity index is 720. The molecule has 0 bridgehead atoms. The highest BCUT2D eigenvalue weighted by atomic mass is 127. The average Bonchev–Trinajstić information content (AvgIpc) is 3.08. The smallest absolute Gasteiger partial charge is 0.226 e. The van der Waals surface area contributed by atoms with E-state index < -0.39 is 0 Å². The van der Waals surface area contributed by atoms with Gasteiger partial charge in [-0.3, -0.25) is 4.99 Å². The largest absolute Gasteiger partial charge is 0.444 e. The monoisotopic (exact) mass is 498 g/mol. The molecule has 1 aromatic heterocycles. The number of oxazole rings is 1. The van der Waals surface area contributed by atoms with E-state index >= 15 is 0 Å².